The highest BCUT2D eigenvalue weighted by molar-refractivity contribution is 5.79. The van der Waals surface area contributed by atoms with E-state index in [2.05, 4.69) is 0 Å². The largest absolute Gasteiger partial charge is 0.465 e. The smallest absolute Gasteiger partial charge is 0.328 e. The Labute approximate surface area is 104 Å². The molecule has 0 saturated heterocycles. The van der Waals surface area contributed by atoms with Gasteiger partial charge in [0.2, 0.25) is 0 Å². The molecule has 0 aromatic carbocycles. The van der Waals surface area contributed by atoms with Crippen molar-refractivity contribution in [2.45, 2.75) is 52.6 Å². The second-order valence-corrected chi connectivity index (χ2v) is 5.04. The molecule has 0 radical (unpaired) electrons. The molecule has 0 aliphatic heterocycles. The summed E-state index contributed by atoms with van der Waals surface area (Å²) in [5.41, 5.74) is -1.76. The molecule has 0 heterocycles. The number of carbonyl (C=O) groups is 1. The third-order valence-corrected chi connectivity index (χ3v) is 2.54. The monoisotopic (exact) mass is 247 g/mol. The standard InChI is InChI=1S/C12H25NO4/c1-7-16-9-11(3,4)13(15)12(5,6)10(14)17-8-2/h15H,7-9H2,1-6H3. The van der Waals surface area contributed by atoms with E-state index in [-0.39, 0.29) is 0 Å². The van der Waals surface area contributed by atoms with Gasteiger partial charge < -0.3 is 14.7 Å². The molecule has 0 atom stereocenters. The average molecular weight is 247 g/mol. The Kier molecular flexibility index (Phi) is 6.09. The van der Waals surface area contributed by atoms with Crippen molar-refractivity contribution in [2.24, 2.45) is 0 Å². The van der Waals surface area contributed by atoms with Crippen LogP contribution in [0, 0.1) is 0 Å². The number of hydrogen-bond donors (Lipinski definition) is 1. The zero-order chi connectivity index (χ0) is 13.7. The summed E-state index contributed by atoms with van der Waals surface area (Å²) in [7, 11) is 0. The van der Waals surface area contributed by atoms with Gasteiger partial charge in [-0.05, 0) is 41.5 Å². The Morgan fingerprint density at radius 2 is 1.71 bits per heavy atom. The summed E-state index contributed by atoms with van der Waals surface area (Å²) in [6.07, 6.45) is 0. The number of esters is 1. The lowest BCUT2D eigenvalue weighted by atomic mass is 9.97. The predicted molar refractivity (Wildman–Crippen MR) is 64.9 cm³/mol. The summed E-state index contributed by atoms with van der Waals surface area (Å²) in [5, 5.41) is 11.2. The lowest BCUT2D eigenvalue weighted by Crippen LogP contribution is -2.59. The highest BCUT2D eigenvalue weighted by Gasteiger charge is 2.43. The van der Waals surface area contributed by atoms with Crippen LogP contribution in [0.3, 0.4) is 0 Å². The zero-order valence-corrected chi connectivity index (χ0v) is 11.7. The van der Waals surface area contributed by atoms with Crippen LogP contribution in [0.2, 0.25) is 0 Å². The average Bonchev–Trinajstić information content (AvgIpc) is 2.25. The van der Waals surface area contributed by atoms with E-state index in [1.54, 1.807) is 20.8 Å². The number of hydrogen-bond acceptors (Lipinski definition) is 5. The Balaban J connectivity index is 4.75. The van der Waals surface area contributed by atoms with Crippen LogP contribution in [0.5, 0.6) is 0 Å². The highest BCUT2D eigenvalue weighted by atomic mass is 16.6. The lowest BCUT2D eigenvalue weighted by Gasteiger charge is -2.41. The van der Waals surface area contributed by atoms with Crippen molar-refractivity contribution in [2.75, 3.05) is 19.8 Å². The third kappa shape index (κ3) is 4.26. The van der Waals surface area contributed by atoms with E-state index in [1.807, 2.05) is 20.8 Å². The van der Waals surface area contributed by atoms with E-state index in [0.717, 1.165) is 5.06 Å². The van der Waals surface area contributed by atoms with Crippen LogP contribution in [-0.4, -0.2) is 47.1 Å². The maximum Gasteiger partial charge on any atom is 0.328 e. The summed E-state index contributed by atoms with van der Waals surface area (Å²) in [6.45, 7) is 11.7. The molecule has 5 nitrogen and oxygen atoms in total. The van der Waals surface area contributed by atoms with E-state index in [4.69, 9.17) is 9.47 Å². The molecule has 0 aromatic heterocycles. The maximum absolute atomic E-state index is 11.8. The van der Waals surface area contributed by atoms with E-state index in [9.17, 15) is 10.0 Å². The molecule has 102 valence electrons. The van der Waals surface area contributed by atoms with Crippen molar-refractivity contribution >= 4 is 5.97 Å². The molecule has 0 fully saturated rings. The van der Waals surface area contributed by atoms with Gasteiger partial charge in [0, 0.05) is 6.61 Å². The number of hydroxylamine groups is 2. The zero-order valence-electron chi connectivity index (χ0n) is 11.7. The van der Waals surface area contributed by atoms with Crippen LogP contribution < -0.4 is 0 Å². The highest BCUT2D eigenvalue weighted by Crippen LogP contribution is 2.24. The molecule has 1 N–H and O–H groups in total. The van der Waals surface area contributed by atoms with Crippen LogP contribution in [-0.2, 0) is 14.3 Å². The first kappa shape index (κ1) is 16.4. The van der Waals surface area contributed by atoms with Gasteiger partial charge in [0.15, 0.2) is 0 Å². The molecular weight excluding hydrogens is 222 g/mol. The van der Waals surface area contributed by atoms with Gasteiger partial charge in [0.1, 0.15) is 5.54 Å². The van der Waals surface area contributed by atoms with Gasteiger partial charge in [-0.15, -0.1) is 0 Å². The van der Waals surface area contributed by atoms with Crippen molar-refractivity contribution in [3.8, 4) is 0 Å². The molecule has 0 rings (SSSR count). The van der Waals surface area contributed by atoms with Crippen LogP contribution in [0.25, 0.3) is 0 Å². The summed E-state index contributed by atoms with van der Waals surface area (Å²) in [5.74, 6) is -0.452. The Bertz CT molecular complexity index is 251. The first-order valence-corrected chi connectivity index (χ1v) is 5.94. The molecule has 0 aromatic rings. The van der Waals surface area contributed by atoms with Crippen molar-refractivity contribution < 1.29 is 19.5 Å². The summed E-state index contributed by atoms with van der Waals surface area (Å²) >= 11 is 0. The molecule has 0 aliphatic rings. The van der Waals surface area contributed by atoms with Gasteiger partial charge in [-0.25, -0.2) is 4.79 Å². The molecule has 0 spiro atoms. The van der Waals surface area contributed by atoms with E-state index in [0.29, 0.717) is 19.8 Å². The van der Waals surface area contributed by atoms with Crippen molar-refractivity contribution in [3.05, 3.63) is 0 Å². The molecule has 5 heteroatoms. The fourth-order valence-electron chi connectivity index (χ4n) is 1.56. The molecule has 17 heavy (non-hydrogen) atoms. The maximum atomic E-state index is 11.8. The normalized spacial score (nSPS) is 12.9. The van der Waals surface area contributed by atoms with Crippen molar-refractivity contribution in [1.82, 2.24) is 5.06 Å². The first-order valence-electron chi connectivity index (χ1n) is 5.94. The fourth-order valence-corrected chi connectivity index (χ4v) is 1.56. The fraction of sp³-hybridized carbons (Fsp3) is 0.917. The molecular formula is C12H25NO4. The van der Waals surface area contributed by atoms with Crippen LogP contribution in [0.4, 0.5) is 0 Å². The van der Waals surface area contributed by atoms with Gasteiger partial charge in [0.05, 0.1) is 18.8 Å². The van der Waals surface area contributed by atoms with Crippen LogP contribution in [0.1, 0.15) is 41.5 Å². The number of nitrogens with zero attached hydrogens (tertiary/aromatic N) is 1. The van der Waals surface area contributed by atoms with E-state index >= 15 is 0 Å². The summed E-state index contributed by atoms with van der Waals surface area (Å²) < 4.78 is 10.2. The van der Waals surface area contributed by atoms with Crippen LogP contribution in [0.15, 0.2) is 0 Å². The van der Waals surface area contributed by atoms with Gasteiger partial charge in [-0.3, -0.25) is 0 Å². The number of rotatable bonds is 7. The van der Waals surface area contributed by atoms with E-state index in [1.165, 1.54) is 0 Å². The van der Waals surface area contributed by atoms with E-state index < -0.39 is 17.0 Å². The molecule has 0 unspecified atom stereocenters. The summed E-state index contributed by atoms with van der Waals surface area (Å²) in [6, 6.07) is 0. The lowest BCUT2D eigenvalue weighted by molar-refractivity contribution is -0.241. The number of carbonyl (C=O) groups excluding carboxylic acids is 1. The quantitative estimate of drug-likeness (QED) is 0.549. The Hall–Kier alpha value is -0.650. The van der Waals surface area contributed by atoms with Crippen molar-refractivity contribution in [1.29, 1.82) is 0 Å². The minimum atomic E-state index is -1.10. The van der Waals surface area contributed by atoms with Gasteiger partial charge in [0.25, 0.3) is 0 Å². The molecule has 0 bridgehead atoms. The Morgan fingerprint density at radius 3 is 2.12 bits per heavy atom. The third-order valence-electron chi connectivity index (χ3n) is 2.54. The minimum Gasteiger partial charge on any atom is -0.465 e. The predicted octanol–water partition coefficient (Wildman–Crippen LogP) is 1.83. The first-order chi connectivity index (χ1) is 7.70. The second kappa shape index (κ2) is 6.33. The van der Waals surface area contributed by atoms with Crippen molar-refractivity contribution in [3.63, 3.8) is 0 Å². The van der Waals surface area contributed by atoms with Gasteiger partial charge >= 0.3 is 5.97 Å². The molecule has 0 saturated carbocycles. The molecule has 0 amide bonds. The Morgan fingerprint density at radius 1 is 1.18 bits per heavy atom. The summed E-state index contributed by atoms with van der Waals surface area (Å²) in [4.78, 5) is 11.8. The van der Waals surface area contributed by atoms with Gasteiger partial charge in [-0.2, -0.15) is 5.06 Å². The molecule has 0 aliphatic carbocycles. The minimum absolute atomic E-state index is 0.294. The second-order valence-electron chi connectivity index (χ2n) is 5.04. The van der Waals surface area contributed by atoms with Gasteiger partial charge in [-0.1, -0.05) is 0 Å². The topological polar surface area (TPSA) is 59.0 Å². The number of ether oxygens (including phenoxy) is 2. The van der Waals surface area contributed by atoms with Crippen LogP contribution >= 0.6 is 0 Å². The SMILES string of the molecule is CCOCC(C)(C)N(O)C(C)(C)C(=O)OCC.